The van der Waals surface area contributed by atoms with Crippen LogP contribution in [-0.2, 0) is 21.2 Å². The number of sulfonamides is 1. The quantitative estimate of drug-likeness (QED) is 0.633. The summed E-state index contributed by atoms with van der Waals surface area (Å²) in [4.78, 5) is 20.6. The van der Waals surface area contributed by atoms with Crippen molar-refractivity contribution >= 4 is 16.1 Å². The largest absolute Gasteiger partial charge is 0.332 e. The Hall–Kier alpha value is -1.50. The van der Waals surface area contributed by atoms with Crippen molar-refractivity contribution in [2.45, 2.75) is 37.4 Å². The van der Waals surface area contributed by atoms with Crippen LogP contribution >= 0.6 is 0 Å². The number of H-pyrrole nitrogens is 1. The highest BCUT2D eigenvalue weighted by molar-refractivity contribution is 7.89. The van der Waals surface area contributed by atoms with E-state index in [2.05, 4.69) is 15.0 Å². The van der Waals surface area contributed by atoms with E-state index in [1.165, 1.54) is 16.6 Å². The van der Waals surface area contributed by atoms with Gasteiger partial charge in [-0.25, -0.2) is 18.2 Å². The van der Waals surface area contributed by atoms with Crippen LogP contribution in [-0.4, -0.2) is 41.5 Å². The van der Waals surface area contributed by atoms with E-state index >= 15 is 0 Å². The molecule has 0 amide bonds. The van der Waals surface area contributed by atoms with E-state index in [1.54, 1.807) is 0 Å². The molecular formula is C10H14N4O3S. The number of aryl methyl sites for hydroxylation is 1. The second-order valence-electron chi connectivity index (χ2n) is 4.01. The molecule has 1 N–H and O–H groups in total. The summed E-state index contributed by atoms with van der Waals surface area (Å²) in [7, 11) is -3.66. The highest BCUT2D eigenvalue weighted by atomic mass is 32.2. The molecule has 1 unspecified atom stereocenters. The Balaban J connectivity index is 2.33. The zero-order valence-corrected chi connectivity index (χ0v) is 10.8. The summed E-state index contributed by atoms with van der Waals surface area (Å²) < 4.78 is 25.8. The molecular weight excluding hydrogens is 256 g/mol. The minimum Gasteiger partial charge on any atom is -0.332 e. The topological polar surface area (TPSA) is 95.5 Å². The monoisotopic (exact) mass is 270 g/mol. The van der Waals surface area contributed by atoms with Gasteiger partial charge in [0.15, 0.2) is 5.03 Å². The lowest BCUT2D eigenvalue weighted by atomic mass is 10.3. The number of aromatic nitrogens is 2. The fraction of sp³-hybridized carbons (Fsp3) is 0.600. The number of imidazole rings is 1. The maximum atomic E-state index is 12.3. The third-order valence-electron chi connectivity index (χ3n) is 2.90. The van der Waals surface area contributed by atoms with Crippen LogP contribution < -0.4 is 0 Å². The van der Waals surface area contributed by atoms with E-state index in [1.807, 2.05) is 6.92 Å². The van der Waals surface area contributed by atoms with Crippen molar-refractivity contribution in [1.82, 2.24) is 14.3 Å². The molecule has 2 heterocycles. The van der Waals surface area contributed by atoms with Gasteiger partial charge in [0.25, 0.3) is 10.0 Å². The van der Waals surface area contributed by atoms with Crippen LogP contribution in [0.15, 0.2) is 16.2 Å². The molecule has 7 nitrogen and oxygen atoms in total. The molecule has 0 saturated carbocycles. The summed E-state index contributed by atoms with van der Waals surface area (Å²) >= 11 is 0. The lowest BCUT2D eigenvalue weighted by molar-refractivity contribution is 0.394. The van der Waals surface area contributed by atoms with Gasteiger partial charge in [-0.15, -0.1) is 0 Å². The van der Waals surface area contributed by atoms with E-state index in [4.69, 9.17) is 0 Å². The molecule has 18 heavy (non-hydrogen) atoms. The Bertz CT molecular complexity index is 574. The van der Waals surface area contributed by atoms with Gasteiger partial charge in [-0.05, 0) is 12.8 Å². The van der Waals surface area contributed by atoms with E-state index in [-0.39, 0.29) is 5.03 Å². The number of aromatic amines is 1. The molecule has 1 fully saturated rings. The molecule has 1 aliphatic rings. The zero-order chi connectivity index (χ0) is 13.2. The molecule has 0 bridgehead atoms. The molecule has 1 aromatic heterocycles. The summed E-state index contributed by atoms with van der Waals surface area (Å²) in [5.74, 6) is 0.614. The molecule has 1 aliphatic heterocycles. The standard InChI is InChI=1S/C10H14N4O3S/c1-2-8-11-6-10(13-8)18(16,17)14-5-3-4-9(14)12-7-15/h6,9H,2-5H2,1H3,(H,11,13). The fourth-order valence-corrected chi connectivity index (χ4v) is 3.50. The van der Waals surface area contributed by atoms with Crippen molar-refractivity contribution in [3.05, 3.63) is 12.0 Å². The Morgan fingerprint density at radius 3 is 3.06 bits per heavy atom. The van der Waals surface area contributed by atoms with Crippen molar-refractivity contribution in [2.24, 2.45) is 4.99 Å². The number of rotatable bonds is 4. The summed E-state index contributed by atoms with van der Waals surface area (Å²) in [6, 6.07) is 0. The number of nitrogens with zero attached hydrogens (tertiary/aromatic N) is 3. The minimum absolute atomic E-state index is 0.0485. The average Bonchev–Trinajstić information content (AvgIpc) is 2.97. The predicted octanol–water partition coefficient (Wildman–Crippen LogP) is 0.418. The van der Waals surface area contributed by atoms with Gasteiger partial charge in [0, 0.05) is 13.0 Å². The Morgan fingerprint density at radius 2 is 2.44 bits per heavy atom. The molecule has 98 valence electrons. The third kappa shape index (κ3) is 2.22. The van der Waals surface area contributed by atoms with Crippen LogP contribution in [0.2, 0.25) is 0 Å². The lowest BCUT2D eigenvalue weighted by Gasteiger charge is -2.18. The molecule has 0 aliphatic carbocycles. The van der Waals surface area contributed by atoms with Gasteiger partial charge in [0.05, 0.1) is 6.20 Å². The fourth-order valence-electron chi connectivity index (χ4n) is 1.97. The van der Waals surface area contributed by atoms with Gasteiger partial charge >= 0.3 is 0 Å². The van der Waals surface area contributed by atoms with Crippen LogP contribution in [0.3, 0.4) is 0 Å². The van der Waals surface area contributed by atoms with Gasteiger partial charge in [-0.3, -0.25) is 0 Å². The Kier molecular flexibility index (Phi) is 3.60. The van der Waals surface area contributed by atoms with Crippen molar-refractivity contribution in [3.8, 4) is 0 Å². The van der Waals surface area contributed by atoms with Gasteiger partial charge in [0.2, 0.25) is 6.08 Å². The highest BCUT2D eigenvalue weighted by Gasteiger charge is 2.36. The molecule has 1 saturated heterocycles. The third-order valence-corrected chi connectivity index (χ3v) is 4.71. The molecule has 0 spiro atoms. The minimum atomic E-state index is -3.66. The first-order chi connectivity index (χ1) is 8.59. The first kappa shape index (κ1) is 12.9. The normalized spacial score (nSPS) is 20.8. The SMILES string of the molecule is CCc1ncc(S(=O)(=O)N2CCCC2N=C=O)[nH]1. The second kappa shape index (κ2) is 5.01. The summed E-state index contributed by atoms with van der Waals surface area (Å²) in [5.41, 5.74) is 0. The van der Waals surface area contributed by atoms with Crippen molar-refractivity contribution in [3.63, 3.8) is 0 Å². The maximum Gasteiger partial charge on any atom is 0.261 e. The van der Waals surface area contributed by atoms with Crippen LogP contribution in [0.1, 0.15) is 25.6 Å². The first-order valence-corrected chi connectivity index (χ1v) is 7.16. The van der Waals surface area contributed by atoms with Gasteiger partial charge < -0.3 is 4.98 Å². The number of isocyanates is 1. The smallest absolute Gasteiger partial charge is 0.261 e. The van der Waals surface area contributed by atoms with Crippen molar-refractivity contribution < 1.29 is 13.2 Å². The van der Waals surface area contributed by atoms with E-state index < -0.39 is 16.2 Å². The number of hydrogen-bond donors (Lipinski definition) is 1. The number of aliphatic imine (C=N–C) groups is 1. The molecule has 0 radical (unpaired) electrons. The first-order valence-electron chi connectivity index (χ1n) is 5.72. The number of hydrogen-bond acceptors (Lipinski definition) is 5. The van der Waals surface area contributed by atoms with Crippen molar-refractivity contribution in [1.29, 1.82) is 0 Å². The van der Waals surface area contributed by atoms with Gasteiger partial charge in [-0.1, -0.05) is 6.92 Å². The summed E-state index contributed by atoms with van der Waals surface area (Å²) in [6.07, 6.45) is 3.94. The van der Waals surface area contributed by atoms with Crippen molar-refractivity contribution in [2.75, 3.05) is 6.54 Å². The second-order valence-corrected chi connectivity index (χ2v) is 5.87. The van der Waals surface area contributed by atoms with Gasteiger partial charge in [0.1, 0.15) is 12.0 Å². The molecule has 1 aromatic rings. The van der Waals surface area contributed by atoms with E-state index in [0.29, 0.717) is 31.6 Å². The summed E-state index contributed by atoms with van der Waals surface area (Å²) in [5, 5.41) is 0.0485. The van der Waals surface area contributed by atoms with E-state index in [0.717, 1.165) is 0 Å². The molecule has 2 rings (SSSR count). The average molecular weight is 270 g/mol. The van der Waals surface area contributed by atoms with E-state index in [9.17, 15) is 13.2 Å². The Morgan fingerprint density at radius 1 is 1.67 bits per heavy atom. The molecule has 8 heteroatoms. The van der Waals surface area contributed by atoms with Crippen LogP contribution in [0.25, 0.3) is 0 Å². The predicted molar refractivity (Wildman–Crippen MR) is 63.0 cm³/mol. The van der Waals surface area contributed by atoms with Crippen LogP contribution in [0, 0.1) is 0 Å². The van der Waals surface area contributed by atoms with Crippen LogP contribution in [0.5, 0.6) is 0 Å². The number of nitrogens with one attached hydrogen (secondary N) is 1. The number of carbonyl (C=O) groups excluding carboxylic acids is 1. The molecule has 0 aromatic carbocycles. The molecule has 1 atom stereocenters. The lowest BCUT2D eigenvalue weighted by Crippen LogP contribution is -2.34. The summed E-state index contributed by atoms with van der Waals surface area (Å²) in [6.45, 7) is 2.24. The highest BCUT2D eigenvalue weighted by Crippen LogP contribution is 2.25. The van der Waals surface area contributed by atoms with Gasteiger partial charge in [-0.2, -0.15) is 9.30 Å². The van der Waals surface area contributed by atoms with Crippen LogP contribution in [0.4, 0.5) is 0 Å². The Labute approximate surface area is 105 Å². The zero-order valence-electron chi connectivity index (χ0n) is 9.96. The maximum absolute atomic E-state index is 12.3.